The number of aromatic nitrogens is 2. The van der Waals surface area contributed by atoms with Crippen molar-refractivity contribution in [2.45, 2.75) is 19.0 Å². The van der Waals surface area contributed by atoms with Gasteiger partial charge in [0.2, 0.25) is 5.91 Å². The Bertz CT molecular complexity index is 1500. The molecule has 10 heteroatoms. The summed E-state index contributed by atoms with van der Waals surface area (Å²) in [7, 11) is 0. The van der Waals surface area contributed by atoms with Crippen molar-refractivity contribution in [3.05, 3.63) is 96.7 Å². The van der Waals surface area contributed by atoms with Crippen LogP contribution >= 0.6 is 27.7 Å². The first-order valence-corrected chi connectivity index (χ1v) is 12.0. The highest BCUT2D eigenvalue weighted by molar-refractivity contribution is 9.10. The Hall–Kier alpha value is -3.50. The standard InChI is InChI=1S/C24H19BrN4O4S/c1-14-6-5-9-21(15(14)2)28-23(31)17-7-3-4-8-19(17)27-24(28)34-13-22(30)26-20-11-10-16(29(32)33)12-18(20)25/h3-12H,13H2,1-2H3,(H,26,30). The molecule has 0 aliphatic heterocycles. The molecule has 1 amide bonds. The molecule has 0 unspecified atom stereocenters. The van der Waals surface area contributed by atoms with Crippen molar-refractivity contribution in [3.63, 3.8) is 0 Å². The number of hydrogen-bond donors (Lipinski definition) is 1. The number of hydrogen-bond acceptors (Lipinski definition) is 6. The van der Waals surface area contributed by atoms with Crippen molar-refractivity contribution in [2.24, 2.45) is 0 Å². The van der Waals surface area contributed by atoms with Gasteiger partial charge in [0.25, 0.3) is 11.2 Å². The number of benzene rings is 3. The number of non-ortho nitro benzene ring substituents is 1. The van der Waals surface area contributed by atoms with E-state index < -0.39 is 4.92 Å². The molecule has 0 spiro atoms. The Morgan fingerprint density at radius 2 is 1.91 bits per heavy atom. The van der Waals surface area contributed by atoms with Crippen LogP contribution < -0.4 is 10.9 Å². The normalized spacial score (nSPS) is 10.9. The van der Waals surface area contributed by atoms with Crippen LogP contribution in [0.25, 0.3) is 16.6 Å². The van der Waals surface area contributed by atoms with Gasteiger partial charge in [0.1, 0.15) is 0 Å². The Balaban J connectivity index is 1.67. The van der Waals surface area contributed by atoms with Gasteiger partial charge in [0, 0.05) is 16.6 Å². The largest absolute Gasteiger partial charge is 0.324 e. The number of nitro groups is 1. The molecular formula is C24H19BrN4O4S. The molecule has 0 atom stereocenters. The van der Waals surface area contributed by atoms with Crippen molar-refractivity contribution in [1.82, 2.24) is 9.55 Å². The SMILES string of the molecule is Cc1cccc(-n2c(SCC(=O)Nc3ccc([N+](=O)[O-])cc3Br)nc3ccccc3c2=O)c1C. The van der Waals surface area contributed by atoms with Crippen LogP contribution in [0.5, 0.6) is 0 Å². The molecule has 0 aliphatic carbocycles. The molecule has 4 aromatic rings. The molecule has 0 saturated heterocycles. The third kappa shape index (κ3) is 4.73. The number of carbonyl (C=O) groups is 1. The van der Waals surface area contributed by atoms with Crippen molar-refractivity contribution in [3.8, 4) is 5.69 Å². The number of halogens is 1. The number of fused-ring (bicyclic) bond motifs is 1. The highest BCUT2D eigenvalue weighted by Crippen LogP contribution is 2.28. The first kappa shape index (κ1) is 23.7. The van der Waals surface area contributed by atoms with E-state index in [2.05, 4.69) is 26.2 Å². The number of para-hydroxylation sites is 1. The third-order valence-electron chi connectivity index (χ3n) is 5.33. The summed E-state index contributed by atoms with van der Waals surface area (Å²) >= 11 is 4.39. The van der Waals surface area contributed by atoms with Crippen LogP contribution in [0.15, 0.2) is 75.1 Å². The smallest absolute Gasteiger partial charge is 0.270 e. The summed E-state index contributed by atoms with van der Waals surface area (Å²) < 4.78 is 1.95. The Morgan fingerprint density at radius 1 is 1.15 bits per heavy atom. The van der Waals surface area contributed by atoms with Crippen LogP contribution in [0.1, 0.15) is 11.1 Å². The number of thioether (sulfide) groups is 1. The second kappa shape index (κ2) is 9.78. The van der Waals surface area contributed by atoms with E-state index in [1.54, 1.807) is 22.8 Å². The predicted molar refractivity (Wildman–Crippen MR) is 137 cm³/mol. The molecule has 0 bridgehead atoms. The molecule has 34 heavy (non-hydrogen) atoms. The molecule has 1 N–H and O–H groups in total. The van der Waals surface area contributed by atoms with Gasteiger partial charge < -0.3 is 5.32 Å². The molecule has 0 fully saturated rings. The van der Waals surface area contributed by atoms with E-state index >= 15 is 0 Å². The molecule has 172 valence electrons. The monoisotopic (exact) mass is 538 g/mol. The number of anilines is 1. The molecule has 1 aromatic heterocycles. The topological polar surface area (TPSA) is 107 Å². The summed E-state index contributed by atoms with van der Waals surface area (Å²) in [6.45, 7) is 3.92. The van der Waals surface area contributed by atoms with Crippen molar-refractivity contribution in [2.75, 3.05) is 11.1 Å². The van der Waals surface area contributed by atoms with Gasteiger partial charge in [-0.15, -0.1) is 0 Å². The molecule has 1 heterocycles. The zero-order chi connectivity index (χ0) is 24.4. The lowest BCUT2D eigenvalue weighted by Gasteiger charge is -2.16. The van der Waals surface area contributed by atoms with Crippen molar-refractivity contribution < 1.29 is 9.72 Å². The van der Waals surface area contributed by atoms with Crippen LogP contribution in [0, 0.1) is 24.0 Å². The van der Waals surface area contributed by atoms with E-state index in [-0.39, 0.29) is 22.9 Å². The minimum absolute atomic E-state index is 0.0148. The van der Waals surface area contributed by atoms with Gasteiger partial charge in [-0.1, -0.05) is 36.0 Å². The molecule has 0 radical (unpaired) electrons. The molecule has 4 rings (SSSR count). The maximum absolute atomic E-state index is 13.4. The number of carbonyl (C=O) groups excluding carboxylic acids is 1. The summed E-state index contributed by atoms with van der Waals surface area (Å²) in [4.78, 5) is 41.2. The first-order valence-electron chi connectivity index (χ1n) is 10.2. The predicted octanol–water partition coefficient (Wildman–Crippen LogP) is 5.40. The highest BCUT2D eigenvalue weighted by Gasteiger charge is 2.17. The summed E-state index contributed by atoms with van der Waals surface area (Å²) in [5, 5.41) is 14.5. The Labute approximate surface area is 207 Å². The average Bonchev–Trinajstić information content (AvgIpc) is 2.81. The van der Waals surface area contributed by atoms with E-state index in [4.69, 9.17) is 0 Å². The Morgan fingerprint density at radius 3 is 2.65 bits per heavy atom. The van der Waals surface area contributed by atoms with Gasteiger partial charge in [-0.3, -0.25) is 24.3 Å². The number of amides is 1. The summed E-state index contributed by atoms with van der Waals surface area (Å²) in [6, 6.07) is 16.9. The molecular weight excluding hydrogens is 520 g/mol. The first-order chi connectivity index (χ1) is 16.3. The van der Waals surface area contributed by atoms with Crippen LogP contribution in [0.4, 0.5) is 11.4 Å². The maximum atomic E-state index is 13.4. The molecule has 0 saturated carbocycles. The van der Waals surface area contributed by atoms with Gasteiger partial charge in [-0.25, -0.2) is 4.98 Å². The lowest BCUT2D eigenvalue weighted by Crippen LogP contribution is -2.23. The fourth-order valence-corrected chi connectivity index (χ4v) is 4.71. The van der Waals surface area contributed by atoms with Gasteiger partial charge >= 0.3 is 0 Å². The second-order valence-electron chi connectivity index (χ2n) is 7.53. The van der Waals surface area contributed by atoms with Gasteiger partial charge in [-0.2, -0.15) is 0 Å². The fraction of sp³-hybridized carbons (Fsp3) is 0.125. The molecule has 0 aliphatic rings. The number of nitrogens with zero attached hydrogens (tertiary/aromatic N) is 3. The van der Waals surface area contributed by atoms with Gasteiger partial charge in [0.15, 0.2) is 5.16 Å². The van der Waals surface area contributed by atoms with Crippen molar-refractivity contribution in [1.29, 1.82) is 0 Å². The lowest BCUT2D eigenvalue weighted by atomic mass is 10.1. The Kier molecular flexibility index (Phi) is 6.80. The zero-order valence-electron chi connectivity index (χ0n) is 18.2. The molecule has 8 nitrogen and oxygen atoms in total. The summed E-state index contributed by atoms with van der Waals surface area (Å²) in [6.07, 6.45) is 0. The second-order valence-corrected chi connectivity index (χ2v) is 9.33. The minimum Gasteiger partial charge on any atom is -0.324 e. The number of aryl methyl sites for hydroxylation is 1. The number of rotatable bonds is 6. The van der Waals surface area contributed by atoms with E-state index in [1.165, 1.54) is 18.2 Å². The van der Waals surface area contributed by atoms with E-state index in [9.17, 15) is 19.7 Å². The summed E-state index contributed by atoms with van der Waals surface area (Å²) in [5.74, 6) is -0.353. The third-order valence-corrected chi connectivity index (χ3v) is 6.93. The van der Waals surface area contributed by atoms with E-state index in [0.717, 1.165) is 22.9 Å². The van der Waals surface area contributed by atoms with Crippen LogP contribution in [-0.2, 0) is 4.79 Å². The average molecular weight is 539 g/mol. The van der Waals surface area contributed by atoms with E-state index in [1.807, 2.05) is 38.1 Å². The van der Waals surface area contributed by atoms with Crippen LogP contribution in [0.2, 0.25) is 0 Å². The highest BCUT2D eigenvalue weighted by atomic mass is 79.9. The zero-order valence-corrected chi connectivity index (χ0v) is 20.6. The van der Waals surface area contributed by atoms with Crippen LogP contribution in [0.3, 0.4) is 0 Å². The van der Waals surface area contributed by atoms with Gasteiger partial charge in [-0.05, 0) is 65.2 Å². The fourth-order valence-electron chi connectivity index (χ4n) is 3.43. The molecule has 3 aromatic carbocycles. The quantitative estimate of drug-likeness (QED) is 0.152. The minimum atomic E-state index is -0.510. The van der Waals surface area contributed by atoms with Gasteiger partial charge in [0.05, 0.1) is 33.0 Å². The van der Waals surface area contributed by atoms with E-state index in [0.29, 0.717) is 31.9 Å². The van der Waals surface area contributed by atoms with Crippen molar-refractivity contribution >= 4 is 55.9 Å². The number of nitro benzene ring substituents is 1. The number of nitrogens with one attached hydrogen (secondary N) is 1. The lowest BCUT2D eigenvalue weighted by molar-refractivity contribution is -0.384. The maximum Gasteiger partial charge on any atom is 0.270 e. The van der Waals surface area contributed by atoms with Crippen LogP contribution in [-0.4, -0.2) is 26.1 Å². The summed E-state index contributed by atoms with van der Waals surface area (Å²) in [5.41, 5.74) is 3.36.